The molecule has 1 radical (unpaired) electrons. The molecule has 0 unspecified atom stereocenters. The Morgan fingerprint density at radius 3 is 2.62 bits per heavy atom. The first-order chi connectivity index (χ1) is 6.40. The van der Waals surface area contributed by atoms with E-state index < -0.39 is 0 Å². The molecule has 0 aliphatic rings. The number of benzene rings is 1. The van der Waals surface area contributed by atoms with E-state index in [-0.39, 0.29) is 0 Å². The summed E-state index contributed by atoms with van der Waals surface area (Å²) in [7, 11) is 1.65. The van der Waals surface area contributed by atoms with E-state index in [1.54, 1.807) is 24.2 Å². The molecule has 0 aliphatic heterocycles. The largest absolute Gasteiger partial charge is 0.497 e. The monoisotopic (exact) mass is 173 g/mol. The van der Waals surface area contributed by atoms with E-state index in [1.807, 2.05) is 24.3 Å². The van der Waals surface area contributed by atoms with E-state index in [1.165, 1.54) is 0 Å². The lowest BCUT2D eigenvalue weighted by Crippen LogP contribution is -1.93. The average Bonchev–Trinajstić information content (AvgIpc) is 2.71. The fourth-order valence-electron chi connectivity index (χ4n) is 1.11. The normalized spacial score (nSPS) is 9.92. The lowest BCUT2D eigenvalue weighted by molar-refractivity contribution is 0.414. The third-order valence-corrected chi connectivity index (χ3v) is 1.79. The van der Waals surface area contributed by atoms with Gasteiger partial charge in [0.2, 0.25) is 0 Å². The van der Waals surface area contributed by atoms with Crippen molar-refractivity contribution in [3.05, 3.63) is 42.7 Å². The van der Waals surface area contributed by atoms with Crippen LogP contribution in [0.4, 0.5) is 0 Å². The molecule has 1 aromatic carbocycles. The second-order valence-corrected chi connectivity index (χ2v) is 2.58. The molecule has 2 rings (SSSR count). The molecule has 3 heteroatoms. The molecule has 0 N–H and O–H groups in total. The van der Waals surface area contributed by atoms with Gasteiger partial charge in [0.1, 0.15) is 5.75 Å². The minimum Gasteiger partial charge on any atom is -0.497 e. The molecule has 65 valence electrons. The second-order valence-electron chi connectivity index (χ2n) is 2.58. The SMILES string of the molecule is COc1ccc(-n2c[c]cn2)cc1. The van der Waals surface area contributed by atoms with Crippen molar-refractivity contribution in [1.29, 1.82) is 0 Å². The van der Waals surface area contributed by atoms with Crippen molar-refractivity contribution in [1.82, 2.24) is 9.78 Å². The molecular formula is C10H9N2O. The number of hydrogen-bond donors (Lipinski definition) is 0. The lowest BCUT2D eigenvalue weighted by Gasteiger charge is -2.02. The maximum absolute atomic E-state index is 5.05. The van der Waals surface area contributed by atoms with Gasteiger partial charge in [-0.2, -0.15) is 5.10 Å². The molecule has 0 amide bonds. The maximum Gasteiger partial charge on any atom is 0.119 e. The van der Waals surface area contributed by atoms with Crippen LogP contribution in [0.25, 0.3) is 5.69 Å². The molecule has 2 aromatic rings. The molecule has 0 fully saturated rings. The van der Waals surface area contributed by atoms with E-state index in [0.29, 0.717) is 0 Å². The highest BCUT2D eigenvalue weighted by molar-refractivity contribution is 5.36. The van der Waals surface area contributed by atoms with Gasteiger partial charge >= 0.3 is 0 Å². The Morgan fingerprint density at radius 1 is 1.31 bits per heavy atom. The quantitative estimate of drug-likeness (QED) is 0.690. The standard InChI is InChI=1S/C10H9N2O/c1-13-10-5-3-9(4-6-10)12-8-2-7-11-12/h3-8H,1H3. The number of aromatic nitrogens is 2. The molecule has 13 heavy (non-hydrogen) atoms. The molecular weight excluding hydrogens is 164 g/mol. The van der Waals surface area contributed by atoms with Crippen molar-refractivity contribution in [3.63, 3.8) is 0 Å². The zero-order chi connectivity index (χ0) is 9.10. The van der Waals surface area contributed by atoms with Crippen LogP contribution in [0.3, 0.4) is 0 Å². The molecule has 0 spiro atoms. The Bertz CT molecular complexity index is 364. The number of ether oxygens (including phenoxy) is 1. The summed E-state index contributed by atoms with van der Waals surface area (Å²) in [6.07, 6.45) is 3.41. The molecule has 1 aromatic heterocycles. The summed E-state index contributed by atoms with van der Waals surface area (Å²) in [4.78, 5) is 0. The molecule has 0 saturated heterocycles. The van der Waals surface area contributed by atoms with Gasteiger partial charge in [-0.25, -0.2) is 4.68 Å². The van der Waals surface area contributed by atoms with Crippen molar-refractivity contribution in [2.24, 2.45) is 0 Å². The third-order valence-electron chi connectivity index (χ3n) is 1.79. The van der Waals surface area contributed by atoms with Crippen LogP contribution in [-0.2, 0) is 0 Å². The van der Waals surface area contributed by atoms with E-state index in [9.17, 15) is 0 Å². The van der Waals surface area contributed by atoms with Crippen LogP contribution in [0.5, 0.6) is 5.75 Å². The van der Waals surface area contributed by atoms with Gasteiger partial charge in [0.15, 0.2) is 0 Å². The van der Waals surface area contributed by atoms with Gasteiger partial charge in [-0.1, -0.05) is 0 Å². The van der Waals surface area contributed by atoms with Crippen molar-refractivity contribution in [3.8, 4) is 11.4 Å². The first-order valence-electron chi connectivity index (χ1n) is 3.95. The van der Waals surface area contributed by atoms with Crippen molar-refractivity contribution >= 4 is 0 Å². The molecule has 1 heterocycles. The Hall–Kier alpha value is -1.77. The highest BCUT2D eigenvalue weighted by Crippen LogP contribution is 2.13. The summed E-state index contributed by atoms with van der Waals surface area (Å²) < 4.78 is 6.80. The van der Waals surface area contributed by atoms with E-state index in [0.717, 1.165) is 11.4 Å². The van der Waals surface area contributed by atoms with Crippen LogP contribution in [0.15, 0.2) is 36.7 Å². The summed E-state index contributed by atoms with van der Waals surface area (Å²) in [5.74, 6) is 0.847. The van der Waals surface area contributed by atoms with Gasteiger partial charge in [0.05, 0.1) is 19.0 Å². The van der Waals surface area contributed by atoms with Crippen LogP contribution in [0.1, 0.15) is 0 Å². The molecule has 3 nitrogen and oxygen atoms in total. The topological polar surface area (TPSA) is 27.1 Å². The zero-order valence-electron chi connectivity index (χ0n) is 7.27. The number of nitrogens with zero attached hydrogens (tertiary/aromatic N) is 2. The predicted molar refractivity (Wildman–Crippen MR) is 49.0 cm³/mol. The highest BCUT2D eigenvalue weighted by Gasteiger charge is 1.95. The Balaban J connectivity index is 2.33. The molecule has 0 saturated carbocycles. The van der Waals surface area contributed by atoms with Crippen LogP contribution in [0.2, 0.25) is 0 Å². The Morgan fingerprint density at radius 2 is 2.08 bits per heavy atom. The van der Waals surface area contributed by atoms with Crippen molar-refractivity contribution < 1.29 is 4.74 Å². The summed E-state index contributed by atoms with van der Waals surface area (Å²) in [6.45, 7) is 0. The zero-order valence-corrected chi connectivity index (χ0v) is 7.27. The van der Waals surface area contributed by atoms with Crippen LogP contribution < -0.4 is 4.74 Å². The number of rotatable bonds is 2. The Kier molecular flexibility index (Phi) is 2.00. The van der Waals surface area contributed by atoms with Gasteiger partial charge in [-0.3, -0.25) is 0 Å². The average molecular weight is 173 g/mol. The second kappa shape index (κ2) is 3.31. The fraction of sp³-hybridized carbons (Fsp3) is 0.100. The van der Waals surface area contributed by atoms with Gasteiger partial charge in [0, 0.05) is 12.3 Å². The molecule has 0 bridgehead atoms. The first-order valence-corrected chi connectivity index (χ1v) is 3.95. The lowest BCUT2D eigenvalue weighted by atomic mass is 10.3. The van der Waals surface area contributed by atoms with Gasteiger partial charge in [0.25, 0.3) is 0 Å². The predicted octanol–water partition coefficient (Wildman–Crippen LogP) is 1.68. The number of hydrogen-bond acceptors (Lipinski definition) is 2. The number of methoxy groups -OCH3 is 1. The van der Waals surface area contributed by atoms with Crippen LogP contribution in [-0.4, -0.2) is 16.9 Å². The van der Waals surface area contributed by atoms with E-state index in [4.69, 9.17) is 4.74 Å². The first kappa shape index (κ1) is 7.86. The molecule has 0 aliphatic carbocycles. The minimum absolute atomic E-state index is 0.847. The fourth-order valence-corrected chi connectivity index (χ4v) is 1.11. The molecule has 0 atom stereocenters. The summed E-state index contributed by atoms with van der Waals surface area (Å²) >= 11 is 0. The van der Waals surface area contributed by atoms with Crippen LogP contribution in [0, 0.1) is 6.07 Å². The summed E-state index contributed by atoms with van der Waals surface area (Å²) in [5, 5.41) is 4.06. The summed E-state index contributed by atoms with van der Waals surface area (Å²) in [5.41, 5.74) is 1.00. The van der Waals surface area contributed by atoms with Gasteiger partial charge in [-0.15, -0.1) is 0 Å². The highest BCUT2D eigenvalue weighted by atomic mass is 16.5. The van der Waals surface area contributed by atoms with Crippen molar-refractivity contribution in [2.45, 2.75) is 0 Å². The van der Waals surface area contributed by atoms with E-state index >= 15 is 0 Å². The van der Waals surface area contributed by atoms with E-state index in [2.05, 4.69) is 11.2 Å². The van der Waals surface area contributed by atoms with Gasteiger partial charge in [-0.05, 0) is 24.3 Å². The van der Waals surface area contributed by atoms with Crippen LogP contribution >= 0.6 is 0 Å². The maximum atomic E-state index is 5.05. The smallest absolute Gasteiger partial charge is 0.119 e. The van der Waals surface area contributed by atoms with Crippen molar-refractivity contribution in [2.75, 3.05) is 7.11 Å². The minimum atomic E-state index is 0.847. The third kappa shape index (κ3) is 1.54. The van der Waals surface area contributed by atoms with Gasteiger partial charge < -0.3 is 4.74 Å². The summed E-state index contributed by atoms with van der Waals surface area (Å²) in [6, 6.07) is 10.6. The Labute approximate surface area is 76.6 Å².